The van der Waals surface area contributed by atoms with Crippen molar-refractivity contribution in [1.29, 1.82) is 0 Å². The summed E-state index contributed by atoms with van der Waals surface area (Å²) in [6.45, 7) is 7.29. The lowest BCUT2D eigenvalue weighted by Crippen LogP contribution is -2.17. The van der Waals surface area contributed by atoms with Crippen LogP contribution < -0.4 is 10.1 Å². The van der Waals surface area contributed by atoms with Gasteiger partial charge in [-0.05, 0) is 63.4 Å². The molecule has 1 aromatic carbocycles. The summed E-state index contributed by atoms with van der Waals surface area (Å²) in [7, 11) is 0. The average Bonchev–Trinajstić information content (AvgIpc) is 2.80. The van der Waals surface area contributed by atoms with E-state index in [1.165, 1.54) is 5.69 Å². The largest absolute Gasteiger partial charge is 0.434 e. The molecule has 1 N–H and O–H groups in total. The van der Waals surface area contributed by atoms with E-state index in [-0.39, 0.29) is 5.75 Å². The van der Waals surface area contributed by atoms with Gasteiger partial charge in [-0.2, -0.15) is 13.9 Å². The number of nitrogens with zero attached hydrogens (tertiary/aromatic N) is 2. The van der Waals surface area contributed by atoms with Gasteiger partial charge < -0.3 is 10.1 Å². The Morgan fingerprint density at radius 2 is 1.79 bits per heavy atom. The molecule has 0 unspecified atom stereocenters. The molecule has 0 spiro atoms. The maximum atomic E-state index is 12.4. The van der Waals surface area contributed by atoms with E-state index < -0.39 is 6.61 Å². The van der Waals surface area contributed by atoms with Crippen molar-refractivity contribution in [2.75, 3.05) is 6.54 Å². The van der Waals surface area contributed by atoms with Crippen LogP contribution >= 0.6 is 0 Å². The van der Waals surface area contributed by atoms with Gasteiger partial charge >= 0.3 is 6.61 Å². The highest BCUT2D eigenvalue weighted by atomic mass is 19.3. The van der Waals surface area contributed by atoms with Gasteiger partial charge in [0.05, 0.1) is 5.69 Å². The molecule has 1 heterocycles. The molecule has 0 aliphatic carbocycles. The molecular formula is C18H25F2N3O. The van der Waals surface area contributed by atoms with E-state index in [0.717, 1.165) is 41.9 Å². The fourth-order valence-corrected chi connectivity index (χ4v) is 2.90. The quantitative estimate of drug-likeness (QED) is 0.743. The van der Waals surface area contributed by atoms with Crippen LogP contribution in [-0.2, 0) is 13.1 Å². The van der Waals surface area contributed by atoms with Crippen molar-refractivity contribution in [1.82, 2.24) is 15.1 Å². The Morgan fingerprint density at radius 1 is 1.12 bits per heavy atom. The number of aromatic nitrogens is 2. The van der Waals surface area contributed by atoms with Crippen molar-refractivity contribution in [3.05, 3.63) is 46.3 Å². The molecule has 0 saturated carbocycles. The first-order valence-electron chi connectivity index (χ1n) is 8.13. The van der Waals surface area contributed by atoms with E-state index in [4.69, 9.17) is 0 Å². The van der Waals surface area contributed by atoms with Gasteiger partial charge in [-0.1, -0.05) is 12.1 Å². The molecule has 0 bridgehead atoms. The minimum atomic E-state index is -2.79. The standard InChI is InChI=1S/C18H25F2N3O/c1-12-8-16(9-13(2)17(12)24-18(19)20)11-21-6-5-7-23-15(4)10-14(3)22-23/h8-10,18,21H,5-7,11H2,1-4H3. The van der Waals surface area contributed by atoms with Crippen LogP contribution in [0.25, 0.3) is 0 Å². The first-order valence-corrected chi connectivity index (χ1v) is 8.13. The van der Waals surface area contributed by atoms with Gasteiger partial charge in [0.25, 0.3) is 0 Å². The summed E-state index contributed by atoms with van der Waals surface area (Å²) in [5.74, 6) is 0.276. The minimum Gasteiger partial charge on any atom is -0.434 e. The molecule has 0 radical (unpaired) electrons. The van der Waals surface area contributed by atoms with Crippen LogP contribution in [0.15, 0.2) is 18.2 Å². The summed E-state index contributed by atoms with van der Waals surface area (Å²) in [5, 5.41) is 7.82. The highest BCUT2D eigenvalue weighted by Gasteiger charge is 2.11. The highest BCUT2D eigenvalue weighted by molar-refractivity contribution is 5.43. The van der Waals surface area contributed by atoms with E-state index in [0.29, 0.717) is 6.54 Å². The number of hydrogen-bond donors (Lipinski definition) is 1. The second kappa shape index (κ2) is 8.24. The molecule has 0 amide bonds. The zero-order valence-electron chi connectivity index (χ0n) is 14.7. The number of nitrogens with one attached hydrogen (secondary N) is 1. The molecule has 6 heteroatoms. The van der Waals surface area contributed by atoms with Crippen LogP contribution in [0.3, 0.4) is 0 Å². The minimum absolute atomic E-state index is 0.276. The predicted octanol–water partition coefficient (Wildman–Crippen LogP) is 3.90. The molecule has 0 aliphatic rings. The predicted molar refractivity (Wildman–Crippen MR) is 90.6 cm³/mol. The number of alkyl halides is 2. The molecule has 0 atom stereocenters. The van der Waals surface area contributed by atoms with Gasteiger partial charge in [-0.25, -0.2) is 0 Å². The maximum Gasteiger partial charge on any atom is 0.387 e. The second-order valence-corrected chi connectivity index (χ2v) is 6.12. The fourth-order valence-electron chi connectivity index (χ4n) is 2.90. The summed E-state index contributed by atoms with van der Waals surface area (Å²) in [5.41, 5.74) is 4.74. The van der Waals surface area contributed by atoms with E-state index in [1.807, 2.05) is 23.7 Å². The molecular weight excluding hydrogens is 312 g/mol. The third kappa shape index (κ3) is 5.03. The Hall–Kier alpha value is -1.95. The molecule has 0 saturated heterocycles. The first-order chi connectivity index (χ1) is 11.4. The number of rotatable bonds is 8. The maximum absolute atomic E-state index is 12.4. The SMILES string of the molecule is Cc1cc(C)n(CCCNCc2cc(C)c(OC(F)F)c(C)c2)n1. The molecule has 132 valence electrons. The van der Waals surface area contributed by atoms with Crippen LogP contribution in [0.1, 0.15) is 34.5 Å². The lowest BCUT2D eigenvalue weighted by atomic mass is 10.1. The lowest BCUT2D eigenvalue weighted by Gasteiger charge is -2.14. The molecule has 0 fully saturated rings. The molecule has 2 rings (SSSR count). The van der Waals surface area contributed by atoms with Crippen molar-refractivity contribution < 1.29 is 13.5 Å². The Kier molecular flexibility index (Phi) is 6.31. The normalized spacial score (nSPS) is 11.3. The smallest absolute Gasteiger partial charge is 0.387 e. The van der Waals surface area contributed by atoms with Gasteiger partial charge in [0.2, 0.25) is 0 Å². The Labute approximate surface area is 141 Å². The Bertz CT molecular complexity index is 660. The van der Waals surface area contributed by atoms with Gasteiger partial charge in [-0.15, -0.1) is 0 Å². The van der Waals surface area contributed by atoms with Crippen molar-refractivity contribution in [3.63, 3.8) is 0 Å². The van der Waals surface area contributed by atoms with Crippen molar-refractivity contribution >= 4 is 0 Å². The third-order valence-electron chi connectivity index (χ3n) is 3.88. The molecule has 1 aromatic heterocycles. The Balaban J connectivity index is 1.81. The Morgan fingerprint density at radius 3 is 2.33 bits per heavy atom. The summed E-state index contributed by atoms with van der Waals surface area (Å²) >= 11 is 0. The summed E-state index contributed by atoms with van der Waals surface area (Å²) in [6.07, 6.45) is 0.979. The van der Waals surface area contributed by atoms with Crippen LogP contribution in [0.5, 0.6) is 5.75 Å². The average molecular weight is 337 g/mol. The number of benzene rings is 1. The molecule has 24 heavy (non-hydrogen) atoms. The second-order valence-electron chi connectivity index (χ2n) is 6.12. The molecule has 4 nitrogen and oxygen atoms in total. The third-order valence-corrected chi connectivity index (χ3v) is 3.88. The zero-order chi connectivity index (χ0) is 17.7. The fraction of sp³-hybridized carbons (Fsp3) is 0.500. The van der Waals surface area contributed by atoms with Crippen LogP contribution in [0, 0.1) is 27.7 Å². The van der Waals surface area contributed by atoms with Crippen molar-refractivity contribution in [3.8, 4) is 5.75 Å². The highest BCUT2D eigenvalue weighted by Crippen LogP contribution is 2.26. The monoisotopic (exact) mass is 337 g/mol. The van der Waals surface area contributed by atoms with Gasteiger partial charge in [0.15, 0.2) is 0 Å². The number of halogens is 2. The van der Waals surface area contributed by atoms with Crippen LogP contribution in [0.2, 0.25) is 0 Å². The number of aryl methyl sites for hydroxylation is 5. The summed E-state index contributed by atoms with van der Waals surface area (Å²) in [6, 6.07) is 5.85. The molecule has 2 aromatic rings. The topological polar surface area (TPSA) is 39.1 Å². The summed E-state index contributed by atoms with van der Waals surface area (Å²) in [4.78, 5) is 0. The van der Waals surface area contributed by atoms with Crippen LogP contribution in [0.4, 0.5) is 8.78 Å². The van der Waals surface area contributed by atoms with Gasteiger partial charge in [0, 0.05) is 18.8 Å². The van der Waals surface area contributed by atoms with Crippen LogP contribution in [-0.4, -0.2) is 22.9 Å². The summed E-state index contributed by atoms with van der Waals surface area (Å²) < 4.78 is 31.4. The van der Waals surface area contributed by atoms with E-state index >= 15 is 0 Å². The van der Waals surface area contributed by atoms with E-state index in [9.17, 15) is 8.78 Å². The van der Waals surface area contributed by atoms with Gasteiger partial charge in [0.1, 0.15) is 5.75 Å². The first kappa shape index (κ1) is 18.4. The van der Waals surface area contributed by atoms with Crippen molar-refractivity contribution in [2.24, 2.45) is 0 Å². The molecule has 0 aliphatic heterocycles. The van der Waals surface area contributed by atoms with Crippen molar-refractivity contribution in [2.45, 2.75) is 53.8 Å². The lowest BCUT2D eigenvalue weighted by molar-refractivity contribution is -0.0507. The number of ether oxygens (including phenoxy) is 1. The van der Waals surface area contributed by atoms with E-state index in [1.54, 1.807) is 13.8 Å². The van der Waals surface area contributed by atoms with Gasteiger partial charge in [-0.3, -0.25) is 4.68 Å². The van der Waals surface area contributed by atoms with E-state index in [2.05, 4.69) is 28.1 Å². The zero-order valence-corrected chi connectivity index (χ0v) is 14.7. The number of hydrogen-bond acceptors (Lipinski definition) is 3.